The van der Waals surface area contributed by atoms with Gasteiger partial charge in [-0.3, -0.25) is 4.90 Å². The van der Waals surface area contributed by atoms with Gasteiger partial charge in [-0.05, 0) is 87.1 Å². The molecule has 1 N–H and O–H groups in total. The van der Waals surface area contributed by atoms with E-state index in [0.29, 0.717) is 5.41 Å². The first-order valence-corrected chi connectivity index (χ1v) is 11.9. The Bertz CT molecular complexity index is 1090. The largest absolute Gasteiger partial charge is 0.491 e. The maximum Gasteiger partial charge on any atom is 0.182 e. The minimum absolute atomic E-state index is 0.0719. The first-order valence-electron chi connectivity index (χ1n) is 11.9. The van der Waals surface area contributed by atoms with Crippen molar-refractivity contribution in [3.63, 3.8) is 0 Å². The van der Waals surface area contributed by atoms with Crippen LogP contribution in [0.1, 0.15) is 61.8 Å². The minimum atomic E-state index is -0.524. The monoisotopic (exact) mass is 429 g/mol. The smallest absolute Gasteiger partial charge is 0.182 e. The number of rotatable bonds is 5. The van der Waals surface area contributed by atoms with E-state index in [1.54, 1.807) is 0 Å². The summed E-state index contributed by atoms with van der Waals surface area (Å²) in [6.45, 7) is 7.23. The normalized spacial score (nSPS) is 26.2. The number of aliphatic hydroxyl groups excluding tert-OH is 1. The molecular weight excluding hydrogens is 398 g/mol. The van der Waals surface area contributed by atoms with Gasteiger partial charge in [0.25, 0.3) is 0 Å². The van der Waals surface area contributed by atoms with Gasteiger partial charge in [-0.25, -0.2) is 0 Å². The highest BCUT2D eigenvalue weighted by atomic mass is 16.7. The van der Waals surface area contributed by atoms with E-state index in [1.165, 1.54) is 36.8 Å². The second-order valence-corrected chi connectivity index (χ2v) is 10.5. The molecule has 2 atom stereocenters. The topological polar surface area (TPSA) is 45.2 Å². The summed E-state index contributed by atoms with van der Waals surface area (Å²) in [6.07, 6.45) is 4.62. The third-order valence-electron chi connectivity index (χ3n) is 7.53. The van der Waals surface area contributed by atoms with Gasteiger partial charge in [0.15, 0.2) is 6.29 Å². The molecule has 0 radical (unpaired) electrons. The fourth-order valence-corrected chi connectivity index (χ4v) is 5.51. The van der Waals surface area contributed by atoms with Crippen LogP contribution in [-0.4, -0.2) is 41.6 Å². The molecule has 3 fully saturated rings. The fourth-order valence-electron chi connectivity index (χ4n) is 5.51. The van der Waals surface area contributed by atoms with E-state index in [4.69, 9.17) is 9.47 Å². The summed E-state index contributed by atoms with van der Waals surface area (Å²) in [4.78, 5) is 2.61. The lowest BCUT2D eigenvalue weighted by molar-refractivity contribution is 0.149. The van der Waals surface area contributed by atoms with Crippen LogP contribution in [0.2, 0.25) is 0 Å². The van der Waals surface area contributed by atoms with Crippen molar-refractivity contribution < 1.29 is 14.6 Å². The van der Waals surface area contributed by atoms with Gasteiger partial charge >= 0.3 is 0 Å². The zero-order valence-corrected chi connectivity index (χ0v) is 18.9. The zero-order chi connectivity index (χ0) is 21.9. The lowest BCUT2D eigenvalue weighted by atomic mass is 9.85. The molecule has 2 aromatic carbocycles. The SMILES string of the molecule is CC(C)Oc1ccc(C#Cc2ccc3c(c2)C2(CC2)CN(CC2(C4OC4O)CC2)C3)cc1. The number of benzene rings is 2. The third-order valence-corrected chi connectivity index (χ3v) is 7.53. The number of hydrogen-bond donors (Lipinski definition) is 1. The van der Waals surface area contributed by atoms with Gasteiger partial charge in [0.05, 0.1) is 6.10 Å². The Balaban J connectivity index is 1.18. The van der Waals surface area contributed by atoms with E-state index in [-0.39, 0.29) is 17.6 Å². The molecule has 6 rings (SSSR count). The Morgan fingerprint density at radius 2 is 1.75 bits per heavy atom. The van der Waals surface area contributed by atoms with Crippen molar-refractivity contribution >= 4 is 0 Å². The second kappa shape index (κ2) is 7.35. The summed E-state index contributed by atoms with van der Waals surface area (Å²) in [5, 5.41) is 9.76. The molecule has 0 aromatic heterocycles. The molecule has 2 aromatic rings. The molecule has 0 bridgehead atoms. The van der Waals surface area contributed by atoms with Gasteiger partial charge in [0.1, 0.15) is 11.9 Å². The van der Waals surface area contributed by atoms with E-state index in [2.05, 4.69) is 34.9 Å². The highest BCUT2D eigenvalue weighted by molar-refractivity contribution is 5.50. The van der Waals surface area contributed by atoms with Gasteiger partial charge in [-0.2, -0.15) is 0 Å². The Morgan fingerprint density at radius 3 is 2.38 bits per heavy atom. The fraction of sp³-hybridized carbons (Fsp3) is 0.500. The Hall–Kier alpha value is -2.32. The summed E-state index contributed by atoms with van der Waals surface area (Å²) in [5.41, 5.74) is 5.56. The van der Waals surface area contributed by atoms with Gasteiger partial charge in [0.2, 0.25) is 0 Å². The quantitative estimate of drug-likeness (QED) is 0.571. The third kappa shape index (κ3) is 3.83. The molecule has 1 spiro atoms. The molecule has 4 heteroatoms. The summed E-state index contributed by atoms with van der Waals surface area (Å²) >= 11 is 0. The van der Waals surface area contributed by atoms with Gasteiger partial charge in [0, 0.05) is 41.6 Å². The van der Waals surface area contributed by atoms with Crippen molar-refractivity contribution in [1.82, 2.24) is 4.90 Å². The Morgan fingerprint density at radius 1 is 1.06 bits per heavy atom. The number of aliphatic hydroxyl groups is 1. The molecule has 4 aliphatic rings. The molecule has 2 saturated carbocycles. The molecule has 2 heterocycles. The van der Waals surface area contributed by atoms with E-state index in [9.17, 15) is 5.11 Å². The molecule has 166 valence electrons. The second-order valence-electron chi connectivity index (χ2n) is 10.5. The Labute approximate surface area is 190 Å². The number of nitrogens with zero attached hydrogens (tertiary/aromatic N) is 1. The molecule has 2 aliphatic heterocycles. The standard InChI is InChI=1S/C28H31NO3/c1-19(2)31-23-9-6-20(7-10-23)3-4-21-5-8-22-16-29(17-27(11-12-27)24(22)15-21)18-28(13-14-28)25-26(30)32-25/h5-10,15,19,25-26,30H,11-14,16-18H2,1-2H3. The number of hydrogen-bond acceptors (Lipinski definition) is 4. The van der Waals surface area contributed by atoms with E-state index < -0.39 is 6.29 Å². The van der Waals surface area contributed by atoms with Crippen molar-refractivity contribution in [3.05, 3.63) is 64.7 Å². The van der Waals surface area contributed by atoms with E-state index >= 15 is 0 Å². The van der Waals surface area contributed by atoms with Crippen LogP contribution in [0.5, 0.6) is 5.75 Å². The van der Waals surface area contributed by atoms with Crippen LogP contribution in [0.25, 0.3) is 0 Å². The molecule has 32 heavy (non-hydrogen) atoms. The molecule has 1 saturated heterocycles. The molecule has 2 unspecified atom stereocenters. The summed E-state index contributed by atoms with van der Waals surface area (Å²) in [7, 11) is 0. The summed E-state index contributed by atoms with van der Waals surface area (Å²) < 4.78 is 11.1. The van der Waals surface area contributed by atoms with Crippen molar-refractivity contribution in [2.75, 3.05) is 13.1 Å². The predicted octanol–water partition coefficient (Wildman–Crippen LogP) is 4.22. The lowest BCUT2D eigenvalue weighted by Gasteiger charge is -2.37. The highest BCUT2D eigenvalue weighted by Gasteiger charge is 2.62. The van der Waals surface area contributed by atoms with Gasteiger partial charge in [-0.15, -0.1) is 0 Å². The Kier molecular flexibility index (Phi) is 4.66. The number of epoxide rings is 1. The molecule has 4 nitrogen and oxygen atoms in total. The predicted molar refractivity (Wildman–Crippen MR) is 123 cm³/mol. The summed E-state index contributed by atoms with van der Waals surface area (Å²) in [5.74, 6) is 7.57. The van der Waals surface area contributed by atoms with Crippen LogP contribution < -0.4 is 4.74 Å². The van der Waals surface area contributed by atoms with E-state index in [1.807, 2.05) is 38.1 Å². The van der Waals surface area contributed by atoms with Crippen molar-refractivity contribution in [3.8, 4) is 17.6 Å². The van der Waals surface area contributed by atoms with Crippen LogP contribution in [0.4, 0.5) is 0 Å². The van der Waals surface area contributed by atoms with Crippen LogP contribution in [-0.2, 0) is 16.7 Å². The first kappa shape index (κ1) is 20.3. The van der Waals surface area contributed by atoms with Crippen molar-refractivity contribution in [2.24, 2.45) is 5.41 Å². The van der Waals surface area contributed by atoms with Crippen LogP contribution >= 0.6 is 0 Å². The molecular formula is C28H31NO3. The van der Waals surface area contributed by atoms with E-state index in [0.717, 1.165) is 36.5 Å². The number of fused-ring (bicyclic) bond motifs is 2. The van der Waals surface area contributed by atoms with Crippen molar-refractivity contribution in [1.29, 1.82) is 0 Å². The van der Waals surface area contributed by atoms with Crippen LogP contribution in [0.3, 0.4) is 0 Å². The summed E-state index contributed by atoms with van der Waals surface area (Å²) in [6, 6.07) is 14.8. The van der Waals surface area contributed by atoms with Gasteiger partial charge in [-0.1, -0.05) is 17.9 Å². The maximum atomic E-state index is 9.76. The lowest BCUT2D eigenvalue weighted by Crippen LogP contribution is -2.42. The maximum absolute atomic E-state index is 9.76. The van der Waals surface area contributed by atoms with Crippen LogP contribution in [0, 0.1) is 17.3 Å². The zero-order valence-electron chi connectivity index (χ0n) is 18.9. The van der Waals surface area contributed by atoms with Crippen molar-refractivity contribution in [2.45, 2.75) is 70.0 Å². The van der Waals surface area contributed by atoms with Gasteiger partial charge < -0.3 is 14.6 Å². The average molecular weight is 430 g/mol. The number of ether oxygens (including phenoxy) is 2. The first-order chi connectivity index (χ1) is 15.4. The minimum Gasteiger partial charge on any atom is -0.491 e. The average Bonchev–Trinajstić information content (AvgIpc) is 3.66. The molecule has 2 aliphatic carbocycles. The highest BCUT2D eigenvalue weighted by Crippen LogP contribution is 2.58. The molecule has 0 amide bonds. The van der Waals surface area contributed by atoms with Crippen LogP contribution in [0.15, 0.2) is 42.5 Å².